The van der Waals surface area contributed by atoms with Crippen molar-refractivity contribution in [2.45, 2.75) is 6.42 Å². The summed E-state index contributed by atoms with van der Waals surface area (Å²) in [6, 6.07) is 16.2. The van der Waals surface area contributed by atoms with Gasteiger partial charge in [0.05, 0.1) is 39.6 Å². The molecule has 0 saturated heterocycles. The Morgan fingerprint density at radius 1 is 0.649 bits per heavy atom. The summed E-state index contributed by atoms with van der Waals surface area (Å²) in [5, 5.41) is 25.6. The van der Waals surface area contributed by atoms with E-state index in [1.54, 1.807) is 22.0 Å². The standard InChI is InChI=1S/C25H34N12/c1-32(22-12-8-20(9-13-22)28-30-24-34(3)18-26-36(24)5)16-7-17-33(2)23-14-10-21(11-15-23)29-31-25-35(4)19-27-37(25)6/h8-15,18-19H,7,16-17H2,1-6H3/q+2. The Balaban J connectivity index is 1.25. The van der Waals surface area contributed by atoms with Gasteiger partial charge in [-0.05, 0) is 65.1 Å². The third kappa shape index (κ3) is 6.40. The first-order valence-corrected chi connectivity index (χ1v) is 12.0. The summed E-state index contributed by atoms with van der Waals surface area (Å²) in [6.07, 6.45) is 4.43. The van der Waals surface area contributed by atoms with E-state index in [-0.39, 0.29) is 0 Å². The molecule has 0 N–H and O–H groups in total. The van der Waals surface area contributed by atoms with Crippen LogP contribution in [-0.4, -0.2) is 46.7 Å². The molecule has 0 atom stereocenters. The minimum atomic E-state index is 0.684. The maximum atomic E-state index is 4.33. The summed E-state index contributed by atoms with van der Waals surface area (Å²) in [6.45, 7) is 1.87. The van der Waals surface area contributed by atoms with Gasteiger partial charge in [0.1, 0.15) is 0 Å². The molecule has 0 unspecified atom stereocenters. The van der Waals surface area contributed by atoms with Gasteiger partial charge in [0.25, 0.3) is 0 Å². The number of rotatable bonds is 10. The lowest BCUT2D eigenvalue weighted by atomic mass is 10.2. The lowest BCUT2D eigenvalue weighted by Gasteiger charge is -2.23. The highest BCUT2D eigenvalue weighted by Crippen LogP contribution is 2.22. The van der Waals surface area contributed by atoms with E-state index in [9.17, 15) is 0 Å². The van der Waals surface area contributed by atoms with Gasteiger partial charge in [-0.25, -0.2) is 9.13 Å². The van der Waals surface area contributed by atoms with Crippen LogP contribution in [0.15, 0.2) is 81.6 Å². The SMILES string of the molecule is CN(CCCN(C)c1ccc(N=Nc2n(C)nc[n+]2C)cc1)c1ccc(N=Nc2n(C)nc[n+]2C)cc1. The van der Waals surface area contributed by atoms with Gasteiger partial charge < -0.3 is 9.80 Å². The van der Waals surface area contributed by atoms with Crippen LogP contribution in [0.1, 0.15) is 6.42 Å². The second kappa shape index (κ2) is 11.5. The molecule has 2 aromatic carbocycles. The fraction of sp³-hybridized carbons (Fsp3) is 0.360. The van der Waals surface area contributed by atoms with E-state index < -0.39 is 0 Å². The van der Waals surface area contributed by atoms with Crippen molar-refractivity contribution in [2.75, 3.05) is 37.0 Å². The molecular weight excluding hydrogens is 468 g/mol. The predicted octanol–water partition coefficient (Wildman–Crippen LogP) is 3.60. The van der Waals surface area contributed by atoms with Gasteiger partial charge in [-0.3, -0.25) is 0 Å². The Labute approximate surface area is 216 Å². The van der Waals surface area contributed by atoms with Crippen LogP contribution in [0.5, 0.6) is 0 Å². The maximum absolute atomic E-state index is 4.33. The van der Waals surface area contributed by atoms with Gasteiger partial charge in [-0.15, -0.1) is 9.36 Å². The van der Waals surface area contributed by atoms with E-state index in [1.807, 2.05) is 61.6 Å². The zero-order valence-electron chi connectivity index (χ0n) is 22.3. The minimum Gasteiger partial charge on any atom is -0.375 e. The van der Waals surface area contributed by atoms with Crippen molar-refractivity contribution < 1.29 is 9.13 Å². The highest BCUT2D eigenvalue weighted by Gasteiger charge is 2.12. The van der Waals surface area contributed by atoms with Crippen LogP contribution >= 0.6 is 0 Å². The maximum Gasteiger partial charge on any atom is 0.403 e. The monoisotopic (exact) mass is 502 g/mol. The Morgan fingerprint density at radius 2 is 1.03 bits per heavy atom. The van der Waals surface area contributed by atoms with Crippen molar-refractivity contribution in [1.82, 2.24) is 19.6 Å². The number of aryl methyl sites for hydroxylation is 4. The number of hydrogen-bond acceptors (Lipinski definition) is 8. The molecule has 0 saturated carbocycles. The zero-order chi connectivity index (χ0) is 26.4. The quantitative estimate of drug-likeness (QED) is 0.244. The molecule has 0 spiro atoms. The smallest absolute Gasteiger partial charge is 0.375 e. The van der Waals surface area contributed by atoms with Gasteiger partial charge in [0, 0.05) is 48.8 Å². The minimum absolute atomic E-state index is 0.684. The summed E-state index contributed by atoms with van der Waals surface area (Å²) >= 11 is 0. The zero-order valence-corrected chi connectivity index (χ0v) is 22.3. The summed E-state index contributed by atoms with van der Waals surface area (Å²) in [5.74, 6) is 1.37. The van der Waals surface area contributed by atoms with Crippen molar-refractivity contribution in [3.05, 3.63) is 61.2 Å². The van der Waals surface area contributed by atoms with Gasteiger partial charge in [-0.2, -0.15) is 0 Å². The molecule has 0 amide bonds. The van der Waals surface area contributed by atoms with Gasteiger partial charge in [0.2, 0.25) is 12.7 Å². The topological polar surface area (TPSA) is 99.3 Å². The van der Waals surface area contributed by atoms with E-state index in [0.29, 0.717) is 11.9 Å². The predicted molar refractivity (Wildman–Crippen MR) is 141 cm³/mol. The van der Waals surface area contributed by atoms with Crippen LogP contribution in [0.2, 0.25) is 0 Å². The molecular formula is C25H34N12+2. The first kappa shape index (κ1) is 25.6. The third-order valence-corrected chi connectivity index (χ3v) is 6.08. The molecule has 192 valence electrons. The molecule has 4 aromatic rings. The summed E-state index contributed by atoms with van der Waals surface area (Å²) < 4.78 is 7.02. The van der Waals surface area contributed by atoms with E-state index in [1.165, 1.54) is 0 Å². The number of anilines is 2. The molecule has 4 rings (SSSR count). The highest BCUT2D eigenvalue weighted by atomic mass is 15.4. The van der Waals surface area contributed by atoms with Crippen LogP contribution in [0, 0.1) is 0 Å². The van der Waals surface area contributed by atoms with E-state index in [0.717, 1.165) is 42.3 Å². The van der Waals surface area contributed by atoms with Gasteiger partial charge >= 0.3 is 11.9 Å². The molecule has 12 heteroatoms. The fourth-order valence-corrected chi connectivity index (χ4v) is 3.80. The number of benzene rings is 2. The first-order valence-electron chi connectivity index (χ1n) is 12.0. The number of hydrogen-bond donors (Lipinski definition) is 0. The van der Waals surface area contributed by atoms with Crippen molar-refractivity contribution >= 4 is 34.6 Å². The van der Waals surface area contributed by atoms with Crippen LogP contribution in [0.4, 0.5) is 34.6 Å². The Hall–Kier alpha value is -4.48. The second-order valence-corrected chi connectivity index (χ2v) is 8.96. The van der Waals surface area contributed by atoms with Gasteiger partial charge in [-0.1, -0.05) is 10.2 Å². The van der Waals surface area contributed by atoms with Crippen LogP contribution < -0.4 is 18.9 Å². The Kier molecular flexibility index (Phi) is 7.96. The Morgan fingerprint density at radius 3 is 1.35 bits per heavy atom. The molecule has 0 fully saturated rings. The lowest BCUT2D eigenvalue weighted by Crippen LogP contribution is -2.25. The molecule has 0 aliphatic heterocycles. The van der Waals surface area contributed by atoms with Crippen molar-refractivity contribution in [2.24, 2.45) is 48.6 Å². The second-order valence-electron chi connectivity index (χ2n) is 8.96. The third-order valence-electron chi connectivity index (χ3n) is 6.08. The van der Waals surface area contributed by atoms with E-state index in [2.05, 4.69) is 78.8 Å². The van der Waals surface area contributed by atoms with Crippen LogP contribution in [0.3, 0.4) is 0 Å². The van der Waals surface area contributed by atoms with Crippen molar-refractivity contribution in [1.29, 1.82) is 0 Å². The molecule has 2 heterocycles. The first-order chi connectivity index (χ1) is 17.8. The van der Waals surface area contributed by atoms with Crippen molar-refractivity contribution in [3.63, 3.8) is 0 Å². The summed E-state index contributed by atoms with van der Waals surface area (Å²) in [7, 11) is 11.7. The molecule has 0 radical (unpaired) electrons. The molecule has 0 aliphatic carbocycles. The largest absolute Gasteiger partial charge is 0.403 e. The lowest BCUT2D eigenvalue weighted by molar-refractivity contribution is -0.659. The van der Waals surface area contributed by atoms with Crippen molar-refractivity contribution in [3.8, 4) is 0 Å². The highest BCUT2D eigenvalue weighted by molar-refractivity contribution is 5.53. The number of azo groups is 2. The van der Waals surface area contributed by atoms with Crippen LogP contribution in [-0.2, 0) is 28.2 Å². The van der Waals surface area contributed by atoms with Crippen LogP contribution in [0.25, 0.3) is 0 Å². The average molecular weight is 503 g/mol. The number of aromatic nitrogens is 6. The number of nitrogens with zero attached hydrogens (tertiary/aromatic N) is 12. The molecule has 0 bridgehead atoms. The van der Waals surface area contributed by atoms with E-state index in [4.69, 9.17) is 0 Å². The van der Waals surface area contributed by atoms with Gasteiger partial charge in [0.15, 0.2) is 0 Å². The molecule has 0 aliphatic rings. The summed E-state index contributed by atoms with van der Waals surface area (Å²) in [4.78, 5) is 4.50. The normalized spacial score (nSPS) is 11.6. The molecule has 37 heavy (non-hydrogen) atoms. The van der Waals surface area contributed by atoms with E-state index >= 15 is 0 Å². The Bertz CT molecular complexity index is 1220. The summed E-state index contributed by atoms with van der Waals surface area (Å²) in [5.41, 5.74) is 3.89. The molecule has 2 aromatic heterocycles. The molecule has 12 nitrogen and oxygen atoms in total. The fourth-order valence-electron chi connectivity index (χ4n) is 3.80. The average Bonchev–Trinajstić information content (AvgIpc) is 3.40.